The Morgan fingerprint density at radius 3 is 2.20 bits per heavy atom. The van der Waals surface area contributed by atoms with Gasteiger partial charge in [-0.05, 0) is 6.92 Å². The summed E-state index contributed by atoms with van der Waals surface area (Å²) in [6, 6.07) is 0. The van der Waals surface area contributed by atoms with Crippen molar-refractivity contribution >= 4 is 5.78 Å². The van der Waals surface area contributed by atoms with Gasteiger partial charge >= 0.3 is 0 Å². The first-order valence-electron chi connectivity index (χ1n) is 3.04. The van der Waals surface area contributed by atoms with Gasteiger partial charge in [-0.1, -0.05) is 0 Å². The fraction of sp³-hybridized carbons (Fsp3) is 0.833. The molecule has 2 atom stereocenters. The summed E-state index contributed by atoms with van der Waals surface area (Å²) in [5.41, 5.74) is 0. The molecule has 3 N–H and O–H groups in total. The lowest BCUT2D eigenvalue weighted by Crippen LogP contribution is -2.30. The predicted molar refractivity (Wildman–Crippen MR) is 34.4 cm³/mol. The van der Waals surface area contributed by atoms with Crippen LogP contribution >= 0.6 is 0 Å². The molecular weight excluding hydrogens is 136 g/mol. The maximum absolute atomic E-state index is 10.3. The molecule has 0 heterocycles. The summed E-state index contributed by atoms with van der Waals surface area (Å²) in [5, 5.41) is 25.9. The molecule has 0 spiro atoms. The molecule has 4 heteroatoms. The van der Waals surface area contributed by atoms with E-state index in [-0.39, 0.29) is 12.2 Å². The van der Waals surface area contributed by atoms with Crippen molar-refractivity contribution < 1.29 is 20.1 Å². The van der Waals surface area contributed by atoms with Crippen molar-refractivity contribution in [3.05, 3.63) is 0 Å². The van der Waals surface area contributed by atoms with E-state index in [0.717, 1.165) is 0 Å². The Balaban J connectivity index is 3.61. The highest BCUT2D eigenvalue weighted by Crippen LogP contribution is 1.98. The minimum atomic E-state index is -1.20. The van der Waals surface area contributed by atoms with Crippen molar-refractivity contribution in [1.82, 2.24) is 0 Å². The Morgan fingerprint density at radius 2 is 1.90 bits per heavy atom. The van der Waals surface area contributed by atoms with Crippen molar-refractivity contribution in [3.63, 3.8) is 0 Å². The molecule has 0 radical (unpaired) electrons. The highest BCUT2D eigenvalue weighted by atomic mass is 16.4. The summed E-state index contributed by atoms with van der Waals surface area (Å²) in [4.78, 5) is 10.3. The van der Waals surface area contributed by atoms with Crippen LogP contribution in [0.1, 0.15) is 13.3 Å². The highest BCUT2D eigenvalue weighted by molar-refractivity contribution is 5.76. The van der Waals surface area contributed by atoms with E-state index in [1.807, 2.05) is 0 Å². The van der Waals surface area contributed by atoms with Crippen molar-refractivity contribution in [3.8, 4) is 0 Å². The van der Waals surface area contributed by atoms with Crippen molar-refractivity contribution in [2.24, 2.45) is 0 Å². The van der Waals surface area contributed by atoms with Crippen LogP contribution in [0.5, 0.6) is 0 Å². The van der Waals surface area contributed by atoms with Crippen LogP contribution in [0.25, 0.3) is 0 Å². The quantitative estimate of drug-likeness (QED) is 0.462. The van der Waals surface area contributed by atoms with Gasteiger partial charge in [0, 0.05) is 6.42 Å². The smallest absolute Gasteiger partial charge is 0.132 e. The van der Waals surface area contributed by atoms with Gasteiger partial charge in [-0.3, -0.25) is 4.79 Å². The number of hydrogen-bond acceptors (Lipinski definition) is 4. The van der Waals surface area contributed by atoms with Gasteiger partial charge in [-0.2, -0.15) is 0 Å². The van der Waals surface area contributed by atoms with Crippen LogP contribution in [0, 0.1) is 0 Å². The maximum atomic E-state index is 10.3. The third-order valence-corrected chi connectivity index (χ3v) is 1.13. The molecule has 0 saturated carbocycles. The zero-order valence-corrected chi connectivity index (χ0v) is 5.82. The molecule has 0 amide bonds. The number of aliphatic hydroxyl groups excluding tert-OH is 3. The third kappa shape index (κ3) is 3.55. The molecular formula is C6H12O4. The zero-order valence-electron chi connectivity index (χ0n) is 5.82. The molecule has 0 aromatic heterocycles. The molecule has 10 heavy (non-hydrogen) atoms. The molecule has 0 aliphatic heterocycles. The molecule has 0 aliphatic rings. The number of Topliss-reactive ketones (excluding diaryl/α,β-unsaturated/α-hetero) is 1. The van der Waals surface area contributed by atoms with Crippen molar-refractivity contribution in [2.45, 2.75) is 25.6 Å². The average Bonchev–Trinajstić information content (AvgIpc) is 1.85. The Bertz CT molecular complexity index is 112. The minimum absolute atomic E-state index is 0.109. The second kappa shape index (κ2) is 4.38. The van der Waals surface area contributed by atoms with Gasteiger partial charge in [0.05, 0.1) is 12.7 Å². The van der Waals surface area contributed by atoms with Gasteiger partial charge in [-0.25, -0.2) is 0 Å². The monoisotopic (exact) mass is 148 g/mol. The van der Waals surface area contributed by atoms with E-state index in [1.165, 1.54) is 6.92 Å². The standard InChI is InChI=1S/C6H12O4/c1-4(8)2-5(9)6(10)3-7/h5-7,9-10H,2-3H2,1H3/t5-,6+/m1/s1. The predicted octanol–water partition coefficient (Wildman–Crippen LogP) is -1.32. The summed E-state index contributed by atoms with van der Waals surface area (Å²) < 4.78 is 0. The van der Waals surface area contributed by atoms with Crippen LogP contribution in [0.3, 0.4) is 0 Å². The minimum Gasteiger partial charge on any atom is -0.394 e. The fourth-order valence-corrected chi connectivity index (χ4v) is 0.552. The van der Waals surface area contributed by atoms with Crippen LogP contribution in [0.15, 0.2) is 0 Å². The maximum Gasteiger partial charge on any atom is 0.132 e. The van der Waals surface area contributed by atoms with E-state index in [4.69, 9.17) is 15.3 Å². The lowest BCUT2D eigenvalue weighted by Gasteiger charge is -2.12. The first-order chi connectivity index (χ1) is 4.57. The number of rotatable bonds is 4. The largest absolute Gasteiger partial charge is 0.394 e. The fourth-order valence-electron chi connectivity index (χ4n) is 0.552. The van der Waals surface area contributed by atoms with Gasteiger partial charge in [0.25, 0.3) is 0 Å². The Kier molecular flexibility index (Phi) is 4.18. The molecule has 60 valence electrons. The molecule has 4 nitrogen and oxygen atoms in total. The number of aliphatic hydroxyl groups is 3. The normalized spacial score (nSPS) is 16.4. The van der Waals surface area contributed by atoms with E-state index in [2.05, 4.69) is 0 Å². The van der Waals surface area contributed by atoms with Crippen LogP contribution in [-0.2, 0) is 4.79 Å². The van der Waals surface area contributed by atoms with Gasteiger partial charge in [0.1, 0.15) is 11.9 Å². The third-order valence-electron chi connectivity index (χ3n) is 1.13. The first-order valence-corrected chi connectivity index (χ1v) is 3.04. The molecule has 0 aliphatic carbocycles. The van der Waals surface area contributed by atoms with Crippen LogP contribution in [-0.4, -0.2) is 39.9 Å². The van der Waals surface area contributed by atoms with E-state index in [9.17, 15) is 4.79 Å². The van der Waals surface area contributed by atoms with Crippen LogP contribution in [0.4, 0.5) is 0 Å². The molecule has 0 unspecified atom stereocenters. The first kappa shape index (κ1) is 9.55. The van der Waals surface area contributed by atoms with Gasteiger partial charge in [0.2, 0.25) is 0 Å². The number of carbonyl (C=O) groups is 1. The molecule has 0 rings (SSSR count). The van der Waals surface area contributed by atoms with Crippen molar-refractivity contribution in [2.75, 3.05) is 6.61 Å². The van der Waals surface area contributed by atoms with E-state index < -0.39 is 18.8 Å². The Morgan fingerprint density at radius 1 is 1.40 bits per heavy atom. The van der Waals surface area contributed by atoms with Gasteiger partial charge < -0.3 is 15.3 Å². The number of carbonyl (C=O) groups excluding carboxylic acids is 1. The second-order valence-electron chi connectivity index (χ2n) is 2.22. The number of ketones is 1. The van der Waals surface area contributed by atoms with E-state index in [1.54, 1.807) is 0 Å². The second-order valence-corrected chi connectivity index (χ2v) is 2.22. The summed E-state index contributed by atoms with van der Waals surface area (Å²) in [7, 11) is 0. The summed E-state index contributed by atoms with van der Waals surface area (Å²) in [6.07, 6.45) is -2.45. The van der Waals surface area contributed by atoms with Crippen LogP contribution < -0.4 is 0 Å². The molecule has 0 aromatic carbocycles. The Hall–Kier alpha value is -0.450. The van der Waals surface area contributed by atoms with Gasteiger partial charge in [0.15, 0.2) is 0 Å². The van der Waals surface area contributed by atoms with E-state index in [0.29, 0.717) is 0 Å². The molecule has 0 saturated heterocycles. The number of hydrogen-bond donors (Lipinski definition) is 3. The van der Waals surface area contributed by atoms with Crippen molar-refractivity contribution in [1.29, 1.82) is 0 Å². The highest BCUT2D eigenvalue weighted by Gasteiger charge is 2.16. The summed E-state index contributed by atoms with van der Waals surface area (Å²) >= 11 is 0. The summed E-state index contributed by atoms with van der Waals surface area (Å²) in [5.74, 6) is -0.208. The lowest BCUT2D eigenvalue weighted by atomic mass is 10.1. The molecule has 0 fully saturated rings. The van der Waals surface area contributed by atoms with Crippen LogP contribution in [0.2, 0.25) is 0 Å². The zero-order chi connectivity index (χ0) is 8.15. The SMILES string of the molecule is CC(=O)C[C@@H](O)[C@@H](O)CO. The lowest BCUT2D eigenvalue weighted by molar-refractivity contribution is -0.121. The topological polar surface area (TPSA) is 77.8 Å². The Labute approximate surface area is 59.1 Å². The van der Waals surface area contributed by atoms with Gasteiger partial charge in [-0.15, -0.1) is 0 Å². The van der Waals surface area contributed by atoms with E-state index >= 15 is 0 Å². The summed E-state index contributed by atoms with van der Waals surface area (Å²) in [6.45, 7) is 0.793. The molecule has 0 aromatic rings. The molecule has 0 bridgehead atoms. The average molecular weight is 148 g/mol.